The summed E-state index contributed by atoms with van der Waals surface area (Å²) >= 11 is 4.98. The third kappa shape index (κ3) is 4.44. The number of nitrogens with one attached hydrogen (secondary N) is 1. The average Bonchev–Trinajstić information content (AvgIpc) is 3.02. The molecule has 0 aromatic carbocycles. The Kier molecular flexibility index (Phi) is 5.60. The van der Waals surface area contributed by atoms with Crippen molar-refractivity contribution >= 4 is 39.2 Å². The molecule has 2 atom stereocenters. The maximum atomic E-state index is 11.7. The maximum absolute atomic E-state index is 11.7. The number of hydrogen-bond acceptors (Lipinski definition) is 3. The lowest BCUT2D eigenvalue weighted by Gasteiger charge is -2.17. The summed E-state index contributed by atoms with van der Waals surface area (Å²) in [6.45, 7) is 0.905. The van der Waals surface area contributed by atoms with Crippen molar-refractivity contribution in [3.05, 3.63) is 26.9 Å². The molecule has 1 saturated carbocycles. The summed E-state index contributed by atoms with van der Waals surface area (Å²) in [5.74, 6) is 0.726. The zero-order valence-electron chi connectivity index (χ0n) is 10.6. The number of hydrogen-bond donors (Lipinski definition) is 2. The Balaban J connectivity index is 1.77. The Hall–Kier alpha value is -0.650. The van der Waals surface area contributed by atoms with E-state index in [1.165, 1.54) is 0 Å². The lowest BCUT2D eigenvalue weighted by atomic mass is 9.97. The Morgan fingerprint density at radius 2 is 2.26 bits per heavy atom. The molecule has 2 unspecified atom stereocenters. The van der Waals surface area contributed by atoms with Gasteiger partial charge in [-0.25, -0.2) is 0 Å². The molecule has 1 aromatic heterocycles. The van der Waals surface area contributed by atoms with Crippen LogP contribution < -0.4 is 5.32 Å². The fraction of sp³-hybridized carbons (Fsp3) is 0.500. The van der Waals surface area contributed by atoms with Gasteiger partial charge >= 0.3 is 0 Å². The third-order valence-electron chi connectivity index (χ3n) is 3.58. The van der Waals surface area contributed by atoms with Crippen LogP contribution in [0.4, 0.5) is 0 Å². The van der Waals surface area contributed by atoms with Crippen LogP contribution in [0, 0.1) is 11.8 Å². The molecule has 0 radical (unpaired) electrons. The normalized spacial score (nSPS) is 23.1. The van der Waals surface area contributed by atoms with Crippen LogP contribution in [0.5, 0.6) is 0 Å². The van der Waals surface area contributed by atoms with E-state index in [9.17, 15) is 9.90 Å². The minimum Gasteiger partial charge on any atom is -0.396 e. The molecule has 0 saturated heterocycles. The molecule has 1 heterocycles. The summed E-state index contributed by atoms with van der Waals surface area (Å²) in [4.78, 5) is 12.8. The lowest BCUT2D eigenvalue weighted by Crippen LogP contribution is -2.30. The quantitative estimate of drug-likeness (QED) is 0.807. The highest BCUT2D eigenvalue weighted by molar-refractivity contribution is 9.11. The summed E-state index contributed by atoms with van der Waals surface area (Å²) < 4.78 is 1.06. The van der Waals surface area contributed by atoms with Gasteiger partial charge in [0.1, 0.15) is 0 Å². The largest absolute Gasteiger partial charge is 0.396 e. The Labute approximate surface area is 125 Å². The molecule has 1 aromatic rings. The highest BCUT2D eigenvalue weighted by Crippen LogP contribution is 2.30. The first-order valence-corrected chi connectivity index (χ1v) is 8.12. The molecule has 2 N–H and O–H groups in total. The Morgan fingerprint density at radius 3 is 2.95 bits per heavy atom. The number of aliphatic hydroxyl groups excluding tert-OH is 1. The average molecular weight is 344 g/mol. The van der Waals surface area contributed by atoms with Crippen molar-refractivity contribution in [1.29, 1.82) is 0 Å². The predicted molar refractivity (Wildman–Crippen MR) is 82.0 cm³/mol. The van der Waals surface area contributed by atoms with Crippen LogP contribution in [0.2, 0.25) is 0 Å². The van der Waals surface area contributed by atoms with E-state index < -0.39 is 0 Å². The van der Waals surface area contributed by atoms with E-state index in [2.05, 4.69) is 21.2 Å². The standard InChI is InChI=1S/C14H18BrNO2S/c15-13-6-4-12(19-13)5-7-14(18)16-8-10-2-1-3-11(10)9-17/h4-7,10-11,17H,1-3,8-9H2,(H,16,18). The van der Waals surface area contributed by atoms with Crippen molar-refractivity contribution in [3.63, 3.8) is 0 Å². The third-order valence-corrected chi connectivity index (χ3v) is 5.17. The van der Waals surface area contributed by atoms with Gasteiger partial charge in [-0.2, -0.15) is 0 Å². The molecular formula is C14H18BrNO2S. The summed E-state index contributed by atoms with van der Waals surface area (Å²) in [6, 6.07) is 3.93. The summed E-state index contributed by atoms with van der Waals surface area (Å²) in [5.41, 5.74) is 0. The SMILES string of the molecule is O=C(C=Cc1ccc(Br)s1)NCC1CCCC1CO. The van der Waals surface area contributed by atoms with Gasteiger partial charge in [0.2, 0.25) is 5.91 Å². The molecule has 1 amide bonds. The van der Waals surface area contributed by atoms with E-state index in [0.29, 0.717) is 18.4 Å². The van der Waals surface area contributed by atoms with Gasteiger partial charge in [0, 0.05) is 24.1 Å². The smallest absolute Gasteiger partial charge is 0.244 e. The van der Waals surface area contributed by atoms with Crippen molar-refractivity contribution in [2.24, 2.45) is 11.8 Å². The number of thiophene rings is 1. The highest BCUT2D eigenvalue weighted by atomic mass is 79.9. The topological polar surface area (TPSA) is 49.3 Å². The molecule has 0 spiro atoms. The summed E-state index contributed by atoms with van der Waals surface area (Å²) in [7, 11) is 0. The second-order valence-corrected chi connectivity index (χ2v) is 7.35. The van der Waals surface area contributed by atoms with Gasteiger partial charge in [0.15, 0.2) is 0 Å². The highest BCUT2D eigenvalue weighted by Gasteiger charge is 2.26. The molecule has 19 heavy (non-hydrogen) atoms. The first-order chi connectivity index (χ1) is 9.19. The molecule has 3 nitrogen and oxygen atoms in total. The first-order valence-electron chi connectivity index (χ1n) is 6.51. The molecule has 104 valence electrons. The molecular weight excluding hydrogens is 326 g/mol. The van der Waals surface area contributed by atoms with E-state index in [4.69, 9.17) is 0 Å². The van der Waals surface area contributed by atoms with Gasteiger partial charge in [0.05, 0.1) is 3.79 Å². The maximum Gasteiger partial charge on any atom is 0.244 e. The molecule has 1 fully saturated rings. The number of halogens is 1. The predicted octanol–water partition coefficient (Wildman–Crippen LogP) is 3.05. The van der Waals surface area contributed by atoms with Crippen LogP contribution in [0.3, 0.4) is 0 Å². The van der Waals surface area contributed by atoms with E-state index in [1.54, 1.807) is 17.4 Å². The van der Waals surface area contributed by atoms with Crippen LogP contribution in [0.1, 0.15) is 24.1 Å². The number of aliphatic hydroxyl groups is 1. The number of amides is 1. The lowest BCUT2D eigenvalue weighted by molar-refractivity contribution is -0.116. The van der Waals surface area contributed by atoms with Crippen molar-refractivity contribution in [1.82, 2.24) is 5.32 Å². The molecule has 0 bridgehead atoms. The van der Waals surface area contributed by atoms with E-state index in [0.717, 1.165) is 27.9 Å². The first kappa shape index (κ1) is 14.8. The van der Waals surface area contributed by atoms with Crippen LogP contribution in [-0.4, -0.2) is 24.2 Å². The van der Waals surface area contributed by atoms with Crippen molar-refractivity contribution in [2.45, 2.75) is 19.3 Å². The van der Waals surface area contributed by atoms with Crippen LogP contribution in [0.15, 0.2) is 22.0 Å². The van der Waals surface area contributed by atoms with Gasteiger partial charge in [-0.3, -0.25) is 4.79 Å². The zero-order chi connectivity index (χ0) is 13.7. The molecule has 1 aliphatic carbocycles. The minimum absolute atomic E-state index is 0.0619. The van der Waals surface area contributed by atoms with Gasteiger partial charge in [-0.05, 0) is 58.8 Å². The van der Waals surface area contributed by atoms with E-state index in [1.807, 2.05) is 18.2 Å². The summed E-state index contributed by atoms with van der Waals surface area (Å²) in [5, 5.41) is 12.1. The minimum atomic E-state index is -0.0619. The van der Waals surface area contributed by atoms with Gasteiger partial charge < -0.3 is 10.4 Å². The fourth-order valence-electron chi connectivity index (χ4n) is 2.49. The number of carbonyl (C=O) groups excluding carboxylic acids is 1. The number of carbonyl (C=O) groups is 1. The van der Waals surface area contributed by atoms with Gasteiger partial charge in [0.25, 0.3) is 0 Å². The monoisotopic (exact) mass is 343 g/mol. The zero-order valence-corrected chi connectivity index (χ0v) is 13.0. The van der Waals surface area contributed by atoms with Crippen LogP contribution in [0.25, 0.3) is 6.08 Å². The van der Waals surface area contributed by atoms with Crippen molar-refractivity contribution in [2.75, 3.05) is 13.2 Å². The Morgan fingerprint density at radius 1 is 1.47 bits per heavy atom. The second kappa shape index (κ2) is 7.22. The molecule has 5 heteroatoms. The fourth-order valence-corrected chi connectivity index (χ4v) is 3.82. The molecule has 2 rings (SSSR count). The Bertz CT molecular complexity index is 458. The number of rotatable bonds is 5. The van der Waals surface area contributed by atoms with Gasteiger partial charge in [-0.15, -0.1) is 11.3 Å². The van der Waals surface area contributed by atoms with Crippen LogP contribution in [-0.2, 0) is 4.79 Å². The molecule has 1 aliphatic rings. The van der Waals surface area contributed by atoms with Crippen molar-refractivity contribution < 1.29 is 9.90 Å². The van der Waals surface area contributed by atoms with Gasteiger partial charge in [-0.1, -0.05) is 6.42 Å². The van der Waals surface area contributed by atoms with E-state index in [-0.39, 0.29) is 12.5 Å². The summed E-state index contributed by atoms with van der Waals surface area (Å²) in [6.07, 6.45) is 6.73. The van der Waals surface area contributed by atoms with Crippen molar-refractivity contribution in [3.8, 4) is 0 Å². The van der Waals surface area contributed by atoms with Crippen LogP contribution >= 0.6 is 27.3 Å². The van der Waals surface area contributed by atoms with E-state index >= 15 is 0 Å². The second-order valence-electron chi connectivity index (χ2n) is 4.85. The molecule has 0 aliphatic heterocycles.